The van der Waals surface area contributed by atoms with Crippen molar-refractivity contribution in [2.24, 2.45) is 0 Å². The van der Waals surface area contributed by atoms with E-state index in [2.05, 4.69) is 10.2 Å². The summed E-state index contributed by atoms with van der Waals surface area (Å²) in [5, 5.41) is 7.23. The number of hydrogen-bond donors (Lipinski definition) is 1. The molecule has 0 fully saturated rings. The summed E-state index contributed by atoms with van der Waals surface area (Å²) in [6.07, 6.45) is 0.482. The summed E-state index contributed by atoms with van der Waals surface area (Å²) in [5.74, 6) is 0.421. The summed E-state index contributed by atoms with van der Waals surface area (Å²) in [4.78, 5) is 10.7. The Labute approximate surface area is 110 Å². The molecule has 1 unspecified atom stereocenters. The van der Waals surface area contributed by atoms with Crippen LogP contribution >= 0.6 is 11.6 Å². The second-order valence-corrected chi connectivity index (χ2v) is 4.37. The van der Waals surface area contributed by atoms with E-state index >= 15 is 0 Å². The molecule has 2 rings (SSSR count). The first-order chi connectivity index (χ1) is 8.63. The van der Waals surface area contributed by atoms with E-state index in [4.69, 9.17) is 16.3 Å². The molecule has 2 aromatic rings. The van der Waals surface area contributed by atoms with Gasteiger partial charge >= 0.3 is 0 Å². The van der Waals surface area contributed by atoms with Crippen LogP contribution in [0.25, 0.3) is 0 Å². The summed E-state index contributed by atoms with van der Waals surface area (Å²) >= 11 is 6.09. The number of carbonyl (C=O) groups excluding carboxylic acids is 1. The molecule has 1 aromatic heterocycles. The van der Waals surface area contributed by atoms with Gasteiger partial charge in [0.05, 0.1) is 0 Å². The minimum Gasteiger partial charge on any atom is -0.468 e. The van der Waals surface area contributed by atoms with Crippen molar-refractivity contribution in [3.05, 3.63) is 46.1 Å². The molecule has 0 spiro atoms. The largest absolute Gasteiger partial charge is 0.468 e. The molecule has 1 N–H and O–H groups in total. The highest BCUT2D eigenvalue weighted by Crippen LogP contribution is 2.28. The van der Waals surface area contributed by atoms with Crippen molar-refractivity contribution in [2.75, 3.05) is 0 Å². The van der Waals surface area contributed by atoms with Gasteiger partial charge in [-0.3, -0.25) is 9.89 Å². The van der Waals surface area contributed by atoms with Crippen molar-refractivity contribution < 1.29 is 9.53 Å². The fourth-order valence-corrected chi connectivity index (χ4v) is 1.95. The van der Waals surface area contributed by atoms with E-state index < -0.39 is 0 Å². The Hall–Kier alpha value is -1.81. The van der Waals surface area contributed by atoms with Crippen molar-refractivity contribution >= 4 is 17.9 Å². The Morgan fingerprint density at radius 1 is 1.44 bits per heavy atom. The highest BCUT2D eigenvalue weighted by molar-refractivity contribution is 6.31. The van der Waals surface area contributed by atoms with Gasteiger partial charge in [-0.2, -0.15) is 0 Å². The lowest BCUT2D eigenvalue weighted by atomic mass is 10.1. The molecule has 0 aliphatic heterocycles. The SMILES string of the molecule is Cc1c(OC(C)c2ccccc2Cl)n[nH]c1C=O. The van der Waals surface area contributed by atoms with Gasteiger partial charge in [0.1, 0.15) is 11.8 Å². The average Bonchev–Trinajstić information content (AvgIpc) is 2.71. The zero-order valence-electron chi connectivity index (χ0n) is 10.1. The van der Waals surface area contributed by atoms with Gasteiger partial charge in [-0.05, 0) is 19.9 Å². The smallest absolute Gasteiger partial charge is 0.236 e. The minimum atomic E-state index is -0.236. The number of aldehydes is 1. The number of aromatic nitrogens is 2. The predicted molar refractivity (Wildman–Crippen MR) is 69.2 cm³/mol. The maximum absolute atomic E-state index is 10.7. The molecule has 1 heterocycles. The highest BCUT2D eigenvalue weighted by atomic mass is 35.5. The van der Waals surface area contributed by atoms with Crippen molar-refractivity contribution in [2.45, 2.75) is 20.0 Å². The summed E-state index contributed by atoms with van der Waals surface area (Å²) in [6, 6.07) is 7.47. The summed E-state index contributed by atoms with van der Waals surface area (Å²) in [5.41, 5.74) is 2.01. The number of ether oxygens (including phenoxy) is 1. The van der Waals surface area contributed by atoms with Gasteiger partial charge in [0.2, 0.25) is 5.88 Å². The molecule has 0 aliphatic rings. The van der Waals surface area contributed by atoms with E-state index in [0.717, 1.165) is 11.8 Å². The van der Waals surface area contributed by atoms with Crippen LogP contribution in [0, 0.1) is 6.92 Å². The molecule has 18 heavy (non-hydrogen) atoms. The molecule has 4 nitrogen and oxygen atoms in total. The third-order valence-corrected chi connectivity index (χ3v) is 3.10. The van der Waals surface area contributed by atoms with Crippen LogP contribution in [0.5, 0.6) is 5.88 Å². The topological polar surface area (TPSA) is 55.0 Å². The van der Waals surface area contributed by atoms with E-state index in [0.29, 0.717) is 22.2 Å². The van der Waals surface area contributed by atoms with Crippen LogP contribution in [-0.2, 0) is 0 Å². The molecule has 0 saturated heterocycles. The lowest BCUT2D eigenvalue weighted by Gasteiger charge is -2.14. The third kappa shape index (κ3) is 2.38. The quantitative estimate of drug-likeness (QED) is 0.862. The van der Waals surface area contributed by atoms with Gasteiger partial charge in [0, 0.05) is 16.1 Å². The first-order valence-electron chi connectivity index (χ1n) is 5.54. The Balaban J connectivity index is 2.21. The van der Waals surface area contributed by atoms with E-state index in [1.807, 2.05) is 31.2 Å². The van der Waals surface area contributed by atoms with E-state index in [1.54, 1.807) is 6.92 Å². The van der Waals surface area contributed by atoms with Gasteiger partial charge in [0.15, 0.2) is 6.29 Å². The van der Waals surface area contributed by atoms with Crippen LogP contribution in [0.3, 0.4) is 0 Å². The maximum atomic E-state index is 10.7. The number of rotatable bonds is 4. The highest BCUT2D eigenvalue weighted by Gasteiger charge is 2.15. The van der Waals surface area contributed by atoms with Gasteiger partial charge in [-0.1, -0.05) is 29.8 Å². The number of benzene rings is 1. The van der Waals surface area contributed by atoms with Crippen molar-refractivity contribution in [1.82, 2.24) is 10.2 Å². The predicted octanol–water partition coefficient (Wildman–Crippen LogP) is 3.32. The number of halogens is 1. The normalized spacial score (nSPS) is 12.2. The standard InChI is InChI=1S/C13H13ClN2O2/c1-8-12(7-17)15-16-13(8)18-9(2)10-5-3-4-6-11(10)14/h3-7,9H,1-2H3,(H,15,16). The number of aromatic amines is 1. The molecule has 0 saturated carbocycles. The van der Waals surface area contributed by atoms with Crippen molar-refractivity contribution in [3.8, 4) is 5.88 Å². The third-order valence-electron chi connectivity index (χ3n) is 2.75. The molecule has 0 amide bonds. The monoisotopic (exact) mass is 264 g/mol. The Kier molecular flexibility index (Phi) is 3.67. The molecular formula is C13H13ClN2O2. The van der Waals surface area contributed by atoms with E-state index in [9.17, 15) is 4.79 Å². The zero-order valence-corrected chi connectivity index (χ0v) is 10.9. The molecule has 0 bridgehead atoms. The second kappa shape index (κ2) is 5.23. The fourth-order valence-electron chi connectivity index (χ4n) is 1.66. The van der Waals surface area contributed by atoms with E-state index in [1.165, 1.54) is 0 Å². The second-order valence-electron chi connectivity index (χ2n) is 3.97. The summed E-state index contributed by atoms with van der Waals surface area (Å²) in [7, 11) is 0. The minimum absolute atomic E-state index is 0.236. The van der Waals surface area contributed by atoms with Crippen LogP contribution in [-0.4, -0.2) is 16.5 Å². The molecule has 0 radical (unpaired) electrons. The number of hydrogen-bond acceptors (Lipinski definition) is 3. The fraction of sp³-hybridized carbons (Fsp3) is 0.231. The van der Waals surface area contributed by atoms with Gasteiger partial charge in [-0.15, -0.1) is 5.10 Å². The Bertz CT molecular complexity index is 566. The van der Waals surface area contributed by atoms with E-state index in [-0.39, 0.29) is 6.10 Å². The first kappa shape index (κ1) is 12.6. The molecular weight excluding hydrogens is 252 g/mol. The first-order valence-corrected chi connectivity index (χ1v) is 5.92. The molecule has 1 atom stereocenters. The van der Waals surface area contributed by atoms with Crippen LogP contribution in [0.1, 0.15) is 34.6 Å². The van der Waals surface area contributed by atoms with Crippen molar-refractivity contribution in [3.63, 3.8) is 0 Å². The van der Waals surface area contributed by atoms with Gasteiger partial charge in [-0.25, -0.2) is 0 Å². The Morgan fingerprint density at radius 3 is 2.78 bits per heavy atom. The van der Waals surface area contributed by atoms with Crippen LogP contribution < -0.4 is 4.74 Å². The van der Waals surface area contributed by atoms with Crippen LogP contribution in [0.15, 0.2) is 24.3 Å². The van der Waals surface area contributed by atoms with Gasteiger partial charge in [0.25, 0.3) is 0 Å². The number of carbonyl (C=O) groups is 1. The summed E-state index contributed by atoms with van der Waals surface area (Å²) in [6.45, 7) is 3.66. The van der Waals surface area contributed by atoms with Crippen LogP contribution in [0.2, 0.25) is 5.02 Å². The van der Waals surface area contributed by atoms with Crippen molar-refractivity contribution in [1.29, 1.82) is 0 Å². The number of nitrogens with one attached hydrogen (secondary N) is 1. The lowest BCUT2D eigenvalue weighted by Crippen LogP contribution is -2.04. The zero-order chi connectivity index (χ0) is 13.1. The number of H-pyrrole nitrogens is 1. The maximum Gasteiger partial charge on any atom is 0.236 e. The van der Waals surface area contributed by atoms with Gasteiger partial charge < -0.3 is 4.74 Å². The molecule has 1 aromatic carbocycles. The summed E-state index contributed by atoms with van der Waals surface area (Å²) < 4.78 is 5.71. The average molecular weight is 265 g/mol. The lowest BCUT2D eigenvalue weighted by molar-refractivity contribution is 0.111. The Morgan fingerprint density at radius 2 is 2.17 bits per heavy atom. The molecule has 0 aliphatic carbocycles. The molecule has 5 heteroatoms. The molecule has 94 valence electrons. The van der Waals surface area contributed by atoms with Crippen LogP contribution in [0.4, 0.5) is 0 Å². The number of nitrogens with zero attached hydrogens (tertiary/aromatic N) is 1.